The molecule has 2 unspecified atom stereocenters. The van der Waals surface area contributed by atoms with E-state index in [0.29, 0.717) is 18.3 Å². The summed E-state index contributed by atoms with van der Waals surface area (Å²) in [5, 5.41) is 5.94. The average molecular weight is 519 g/mol. The molecule has 6 heteroatoms. The van der Waals surface area contributed by atoms with Crippen LogP contribution in [-0.4, -0.2) is 38.1 Å². The highest BCUT2D eigenvalue weighted by molar-refractivity contribution is 5.75. The lowest BCUT2D eigenvalue weighted by molar-refractivity contribution is -0.121. The molecule has 2 N–H and O–H groups in total. The maximum Gasteiger partial charge on any atom is 0.219 e. The average Bonchev–Trinajstić information content (AvgIpc) is 3.69. The molecular formula is C32H42N2O4. The summed E-state index contributed by atoms with van der Waals surface area (Å²) in [5.41, 5.74) is 8.91. The maximum absolute atomic E-state index is 11.5. The maximum atomic E-state index is 11.5. The SMILES string of the molecule is CC(=O)NCCC1CCc2ccc3c(c21)CCO3.CCCC(=O)NCCC1CCc2ccc3c(c21)CCO3. The fourth-order valence-electron chi connectivity index (χ4n) is 6.80. The van der Waals surface area contributed by atoms with Crippen LogP contribution in [0.25, 0.3) is 0 Å². The van der Waals surface area contributed by atoms with Crippen molar-refractivity contribution in [2.24, 2.45) is 0 Å². The smallest absolute Gasteiger partial charge is 0.219 e. The molecule has 0 saturated heterocycles. The number of aryl methyl sites for hydroxylation is 2. The van der Waals surface area contributed by atoms with Gasteiger partial charge in [0.1, 0.15) is 11.5 Å². The summed E-state index contributed by atoms with van der Waals surface area (Å²) in [6.45, 7) is 6.84. The molecular weight excluding hydrogens is 476 g/mol. The number of hydrogen-bond donors (Lipinski definition) is 2. The molecule has 6 nitrogen and oxygen atoms in total. The molecule has 6 rings (SSSR count). The van der Waals surface area contributed by atoms with Gasteiger partial charge in [-0.25, -0.2) is 0 Å². The van der Waals surface area contributed by atoms with Crippen LogP contribution in [0.5, 0.6) is 11.5 Å². The number of amides is 2. The van der Waals surface area contributed by atoms with Crippen molar-refractivity contribution in [3.8, 4) is 11.5 Å². The standard InChI is InChI=1S/C17H23NO2.C15H19NO2/c1-2-3-16(19)18-10-8-13-5-4-12-6-7-15-14(17(12)13)9-11-20-15;1-10(17)16-8-6-12-3-2-11-4-5-14-13(15(11)12)7-9-18-14/h6-7,13H,2-5,8-11H2,1H3,(H,18,19);4-5,12H,2-3,6-9H2,1H3,(H,16,17). The van der Waals surface area contributed by atoms with Crippen LogP contribution in [0.1, 0.15) is 97.6 Å². The predicted octanol–water partition coefficient (Wildman–Crippen LogP) is 5.14. The first kappa shape index (κ1) is 26.6. The summed E-state index contributed by atoms with van der Waals surface area (Å²) in [5.74, 6) is 3.63. The third-order valence-corrected chi connectivity index (χ3v) is 8.53. The second kappa shape index (κ2) is 12.2. The minimum absolute atomic E-state index is 0.0647. The summed E-state index contributed by atoms with van der Waals surface area (Å²) < 4.78 is 11.3. The summed E-state index contributed by atoms with van der Waals surface area (Å²) in [6, 6.07) is 8.71. The molecule has 204 valence electrons. The van der Waals surface area contributed by atoms with Gasteiger partial charge < -0.3 is 20.1 Å². The lowest BCUT2D eigenvalue weighted by Crippen LogP contribution is -2.24. The van der Waals surface area contributed by atoms with Gasteiger partial charge in [-0.1, -0.05) is 19.1 Å². The number of rotatable bonds is 8. The van der Waals surface area contributed by atoms with Crippen LogP contribution < -0.4 is 20.1 Å². The van der Waals surface area contributed by atoms with Crippen molar-refractivity contribution in [3.63, 3.8) is 0 Å². The Labute approximate surface area is 226 Å². The first-order valence-electron chi connectivity index (χ1n) is 14.6. The molecule has 2 aliphatic carbocycles. The molecule has 0 aromatic heterocycles. The van der Waals surface area contributed by atoms with Crippen molar-refractivity contribution in [1.82, 2.24) is 10.6 Å². The summed E-state index contributed by atoms with van der Waals surface area (Å²) >= 11 is 0. The van der Waals surface area contributed by atoms with Gasteiger partial charge in [0.25, 0.3) is 0 Å². The lowest BCUT2D eigenvalue weighted by atomic mass is 9.92. The van der Waals surface area contributed by atoms with E-state index in [2.05, 4.69) is 34.9 Å². The van der Waals surface area contributed by atoms with E-state index in [1.807, 2.05) is 6.92 Å². The van der Waals surface area contributed by atoms with E-state index in [1.54, 1.807) is 6.92 Å². The second-order valence-electron chi connectivity index (χ2n) is 11.1. The van der Waals surface area contributed by atoms with Gasteiger partial charge in [0, 0.05) is 50.4 Å². The van der Waals surface area contributed by atoms with Crippen molar-refractivity contribution in [3.05, 3.63) is 57.6 Å². The van der Waals surface area contributed by atoms with Crippen molar-refractivity contribution >= 4 is 11.8 Å². The van der Waals surface area contributed by atoms with Crippen molar-refractivity contribution in [1.29, 1.82) is 0 Å². The van der Waals surface area contributed by atoms with Crippen LogP contribution >= 0.6 is 0 Å². The van der Waals surface area contributed by atoms with E-state index in [4.69, 9.17) is 9.47 Å². The Hall–Kier alpha value is -3.02. The largest absolute Gasteiger partial charge is 0.493 e. The van der Waals surface area contributed by atoms with Crippen molar-refractivity contribution in [2.45, 2.75) is 89.9 Å². The molecule has 0 spiro atoms. The zero-order valence-electron chi connectivity index (χ0n) is 23.0. The van der Waals surface area contributed by atoms with Crippen LogP contribution in [0.15, 0.2) is 24.3 Å². The van der Waals surface area contributed by atoms with E-state index < -0.39 is 0 Å². The molecule has 2 heterocycles. The third kappa shape index (κ3) is 5.84. The summed E-state index contributed by atoms with van der Waals surface area (Å²) in [7, 11) is 0. The number of nitrogens with one attached hydrogen (secondary N) is 2. The van der Waals surface area contributed by atoms with Gasteiger partial charge in [-0.15, -0.1) is 0 Å². The fourth-order valence-corrected chi connectivity index (χ4v) is 6.80. The molecule has 2 aliphatic heterocycles. The fraction of sp³-hybridized carbons (Fsp3) is 0.562. The summed E-state index contributed by atoms with van der Waals surface area (Å²) in [6.07, 6.45) is 10.5. The van der Waals surface area contributed by atoms with Crippen molar-refractivity contribution < 1.29 is 19.1 Å². The van der Waals surface area contributed by atoms with E-state index in [0.717, 1.165) is 69.9 Å². The van der Waals surface area contributed by atoms with Crippen LogP contribution in [0.3, 0.4) is 0 Å². The Morgan fingerprint density at radius 3 is 1.82 bits per heavy atom. The molecule has 0 bridgehead atoms. The monoisotopic (exact) mass is 518 g/mol. The molecule has 2 atom stereocenters. The van der Waals surface area contributed by atoms with Crippen LogP contribution in [0.4, 0.5) is 0 Å². The Kier molecular flexibility index (Phi) is 8.55. The number of carbonyl (C=O) groups is 2. The van der Waals surface area contributed by atoms with E-state index in [9.17, 15) is 9.59 Å². The van der Waals surface area contributed by atoms with Gasteiger partial charge in [0.2, 0.25) is 11.8 Å². The van der Waals surface area contributed by atoms with Crippen molar-refractivity contribution in [2.75, 3.05) is 26.3 Å². The molecule has 4 aliphatic rings. The highest BCUT2D eigenvalue weighted by atomic mass is 16.5. The Morgan fingerprint density at radius 1 is 0.789 bits per heavy atom. The van der Waals surface area contributed by atoms with Crippen LogP contribution in [-0.2, 0) is 35.3 Å². The van der Waals surface area contributed by atoms with Gasteiger partial charge >= 0.3 is 0 Å². The Bertz CT molecular complexity index is 1170. The Balaban J connectivity index is 0.000000156. The number of fused-ring (bicyclic) bond motifs is 6. The topological polar surface area (TPSA) is 76.7 Å². The van der Waals surface area contributed by atoms with Crippen LogP contribution in [0, 0.1) is 0 Å². The quantitative estimate of drug-likeness (QED) is 0.508. The van der Waals surface area contributed by atoms with Crippen LogP contribution in [0.2, 0.25) is 0 Å². The van der Waals surface area contributed by atoms with Gasteiger partial charge in [-0.05, 0) is 91.2 Å². The van der Waals surface area contributed by atoms with E-state index in [-0.39, 0.29) is 11.8 Å². The zero-order valence-corrected chi connectivity index (χ0v) is 23.0. The number of hydrogen-bond acceptors (Lipinski definition) is 4. The lowest BCUT2D eigenvalue weighted by Gasteiger charge is -2.15. The molecule has 2 amide bonds. The number of ether oxygens (including phenoxy) is 2. The van der Waals surface area contributed by atoms with E-state index in [1.165, 1.54) is 59.1 Å². The second-order valence-corrected chi connectivity index (χ2v) is 11.1. The third-order valence-electron chi connectivity index (χ3n) is 8.53. The predicted molar refractivity (Wildman–Crippen MR) is 149 cm³/mol. The van der Waals surface area contributed by atoms with Gasteiger partial charge in [-0.3, -0.25) is 9.59 Å². The zero-order chi connectivity index (χ0) is 26.5. The first-order valence-corrected chi connectivity index (χ1v) is 14.6. The highest BCUT2D eigenvalue weighted by Crippen LogP contribution is 2.44. The number of benzene rings is 2. The molecule has 0 fully saturated rings. The first-order chi connectivity index (χ1) is 18.5. The normalized spacial score (nSPS) is 19.7. The molecule has 0 saturated carbocycles. The summed E-state index contributed by atoms with van der Waals surface area (Å²) in [4.78, 5) is 22.4. The molecule has 2 aromatic rings. The minimum atomic E-state index is 0.0647. The van der Waals surface area contributed by atoms with E-state index >= 15 is 0 Å². The highest BCUT2D eigenvalue weighted by Gasteiger charge is 2.30. The van der Waals surface area contributed by atoms with Gasteiger partial charge in [-0.2, -0.15) is 0 Å². The molecule has 2 aromatic carbocycles. The Morgan fingerprint density at radius 2 is 1.32 bits per heavy atom. The minimum Gasteiger partial charge on any atom is -0.493 e. The van der Waals surface area contributed by atoms with Gasteiger partial charge in [0.15, 0.2) is 0 Å². The van der Waals surface area contributed by atoms with Gasteiger partial charge in [0.05, 0.1) is 13.2 Å². The number of carbonyl (C=O) groups excluding carboxylic acids is 2. The molecule has 0 radical (unpaired) electrons. The molecule has 38 heavy (non-hydrogen) atoms.